The first-order valence-electron chi connectivity index (χ1n) is 5.60. The lowest BCUT2D eigenvalue weighted by Gasteiger charge is -2.04. The van der Waals surface area contributed by atoms with Crippen molar-refractivity contribution in [3.05, 3.63) is 52.6 Å². The molecule has 1 aromatic heterocycles. The number of hydrogen-bond donors (Lipinski definition) is 0. The minimum Gasteiger partial charge on any atom is -0.294 e. The molecule has 0 saturated carbocycles. The van der Waals surface area contributed by atoms with Gasteiger partial charge < -0.3 is 0 Å². The highest BCUT2D eigenvalue weighted by Crippen LogP contribution is 2.18. The van der Waals surface area contributed by atoms with E-state index in [2.05, 4.69) is 5.10 Å². The zero-order valence-electron chi connectivity index (χ0n) is 9.86. The molecular weight excluding hydrogens is 255 g/mol. The van der Waals surface area contributed by atoms with E-state index in [9.17, 15) is 9.18 Å². The average Bonchev–Trinajstić information content (AvgIpc) is 2.82. The molecule has 2 rings (SSSR count). The smallest absolute Gasteiger partial charge is 0.165 e. The Hall–Kier alpha value is -1.68. The third-order valence-electron chi connectivity index (χ3n) is 2.64. The number of carbonyl (C=O) groups excluding carboxylic acids is 1. The van der Waals surface area contributed by atoms with E-state index in [0.717, 1.165) is 0 Å². The van der Waals surface area contributed by atoms with Gasteiger partial charge >= 0.3 is 0 Å². The van der Waals surface area contributed by atoms with E-state index in [4.69, 9.17) is 11.6 Å². The summed E-state index contributed by atoms with van der Waals surface area (Å²) in [5, 5.41) is 4.12. The summed E-state index contributed by atoms with van der Waals surface area (Å²) in [6, 6.07) is 4.82. The highest BCUT2D eigenvalue weighted by molar-refractivity contribution is 6.30. The van der Waals surface area contributed by atoms with Gasteiger partial charge in [0.05, 0.1) is 23.3 Å². The lowest BCUT2D eigenvalue weighted by atomic mass is 10.2. The van der Waals surface area contributed by atoms with E-state index >= 15 is 0 Å². The van der Waals surface area contributed by atoms with E-state index in [-0.39, 0.29) is 17.4 Å². The molecule has 2 aromatic rings. The van der Waals surface area contributed by atoms with Crippen LogP contribution in [-0.2, 0) is 6.54 Å². The maximum absolute atomic E-state index is 13.7. The molecule has 0 fully saturated rings. The molecule has 0 saturated heterocycles. The van der Waals surface area contributed by atoms with Crippen LogP contribution in [0.15, 0.2) is 30.6 Å². The van der Waals surface area contributed by atoms with Crippen LogP contribution in [0.5, 0.6) is 0 Å². The Morgan fingerprint density at radius 1 is 1.50 bits per heavy atom. The summed E-state index contributed by atoms with van der Waals surface area (Å²) in [6.45, 7) is 2.04. The van der Waals surface area contributed by atoms with Gasteiger partial charge in [-0.15, -0.1) is 0 Å². The van der Waals surface area contributed by atoms with E-state index in [1.54, 1.807) is 25.3 Å². The van der Waals surface area contributed by atoms with Crippen molar-refractivity contribution in [2.75, 3.05) is 0 Å². The van der Waals surface area contributed by atoms with Gasteiger partial charge in [-0.25, -0.2) is 4.39 Å². The lowest BCUT2D eigenvalue weighted by molar-refractivity contribution is 0.0988. The molecule has 0 amide bonds. The molecule has 0 spiro atoms. The Balaban J connectivity index is 2.21. The van der Waals surface area contributed by atoms with Gasteiger partial charge in [0.1, 0.15) is 5.82 Å². The fourth-order valence-electron chi connectivity index (χ4n) is 1.64. The molecule has 1 aromatic carbocycles. The number of nitrogens with zero attached hydrogens (tertiary/aromatic N) is 2. The average molecular weight is 267 g/mol. The van der Waals surface area contributed by atoms with Crippen LogP contribution in [0.3, 0.4) is 0 Å². The summed E-state index contributed by atoms with van der Waals surface area (Å²) in [6.07, 6.45) is 3.54. The highest BCUT2D eigenvalue weighted by Gasteiger charge is 2.09. The molecule has 18 heavy (non-hydrogen) atoms. The highest BCUT2D eigenvalue weighted by atomic mass is 35.5. The molecule has 0 unspecified atom stereocenters. The van der Waals surface area contributed by atoms with Gasteiger partial charge in [0.2, 0.25) is 0 Å². The minimum absolute atomic E-state index is 0.0211. The van der Waals surface area contributed by atoms with Crippen molar-refractivity contribution < 1.29 is 9.18 Å². The van der Waals surface area contributed by atoms with Crippen LogP contribution in [-0.4, -0.2) is 15.6 Å². The topological polar surface area (TPSA) is 34.9 Å². The van der Waals surface area contributed by atoms with E-state index in [1.807, 2.05) is 0 Å². The molecule has 0 bridgehead atoms. The van der Waals surface area contributed by atoms with Crippen molar-refractivity contribution in [3.63, 3.8) is 0 Å². The number of rotatable bonds is 4. The summed E-state index contributed by atoms with van der Waals surface area (Å²) < 4.78 is 15.2. The second-order valence-electron chi connectivity index (χ2n) is 3.92. The molecule has 3 nitrogen and oxygen atoms in total. The Bertz CT molecular complexity index is 580. The van der Waals surface area contributed by atoms with Crippen LogP contribution in [0.25, 0.3) is 0 Å². The van der Waals surface area contributed by atoms with E-state index in [0.29, 0.717) is 17.5 Å². The number of hydrogen-bond acceptors (Lipinski definition) is 2. The van der Waals surface area contributed by atoms with E-state index in [1.165, 1.54) is 16.9 Å². The quantitative estimate of drug-likeness (QED) is 0.796. The van der Waals surface area contributed by atoms with Crippen LogP contribution in [0, 0.1) is 5.82 Å². The first-order valence-corrected chi connectivity index (χ1v) is 5.98. The Morgan fingerprint density at radius 3 is 3.00 bits per heavy atom. The summed E-state index contributed by atoms with van der Waals surface area (Å²) in [5.41, 5.74) is 0.987. The van der Waals surface area contributed by atoms with Crippen LogP contribution in [0.1, 0.15) is 29.3 Å². The molecule has 0 atom stereocenters. The predicted molar refractivity (Wildman–Crippen MR) is 67.4 cm³/mol. The Labute approximate surface area is 109 Å². The number of Topliss-reactive ketones (excluding diaryl/α,β-unsaturated/α-hetero) is 1. The van der Waals surface area contributed by atoms with Crippen molar-refractivity contribution >= 4 is 17.4 Å². The first kappa shape index (κ1) is 12.8. The molecule has 0 aliphatic heterocycles. The van der Waals surface area contributed by atoms with Gasteiger partial charge in [-0.05, 0) is 6.07 Å². The number of halogens is 2. The zero-order valence-corrected chi connectivity index (χ0v) is 10.6. The maximum atomic E-state index is 13.7. The molecule has 1 heterocycles. The number of carbonyl (C=O) groups is 1. The lowest BCUT2D eigenvalue weighted by Crippen LogP contribution is -2.03. The van der Waals surface area contributed by atoms with Gasteiger partial charge in [0, 0.05) is 18.2 Å². The molecule has 94 valence electrons. The van der Waals surface area contributed by atoms with Crippen LogP contribution < -0.4 is 0 Å². The molecule has 5 heteroatoms. The van der Waals surface area contributed by atoms with E-state index < -0.39 is 5.82 Å². The number of ketones is 1. The van der Waals surface area contributed by atoms with Gasteiger partial charge in [-0.3, -0.25) is 9.48 Å². The number of benzene rings is 1. The van der Waals surface area contributed by atoms with Crippen molar-refractivity contribution in [1.29, 1.82) is 0 Å². The summed E-state index contributed by atoms with van der Waals surface area (Å²) in [4.78, 5) is 11.5. The first-order chi connectivity index (χ1) is 8.61. The van der Waals surface area contributed by atoms with Crippen LogP contribution in [0.2, 0.25) is 5.02 Å². The molecule has 0 aliphatic carbocycles. The molecule has 0 N–H and O–H groups in total. The van der Waals surface area contributed by atoms with Crippen molar-refractivity contribution in [2.45, 2.75) is 19.9 Å². The zero-order chi connectivity index (χ0) is 13.1. The molecule has 0 aliphatic rings. The SMILES string of the molecule is CCC(=O)c1cnn(Cc2cccc(Cl)c2F)c1. The molecular formula is C13H12ClFN2O. The second-order valence-corrected chi connectivity index (χ2v) is 4.32. The van der Waals surface area contributed by atoms with Crippen LogP contribution >= 0.6 is 11.6 Å². The van der Waals surface area contributed by atoms with Gasteiger partial charge in [0.15, 0.2) is 5.78 Å². The third-order valence-corrected chi connectivity index (χ3v) is 2.93. The van der Waals surface area contributed by atoms with Gasteiger partial charge in [-0.2, -0.15) is 5.10 Å². The van der Waals surface area contributed by atoms with Gasteiger partial charge in [0.25, 0.3) is 0 Å². The normalized spacial score (nSPS) is 10.6. The third kappa shape index (κ3) is 2.59. The largest absolute Gasteiger partial charge is 0.294 e. The predicted octanol–water partition coefficient (Wildman–Crippen LogP) is 3.32. The summed E-state index contributed by atoms with van der Waals surface area (Å²) in [5.74, 6) is -0.425. The van der Waals surface area contributed by atoms with Crippen molar-refractivity contribution in [3.8, 4) is 0 Å². The fraction of sp³-hybridized carbons (Fsp3) is 0.231. The van der Waals surface area contributed by atoms with Crippen molar-refractivity contribution in [2.24, 2.45) is 0 Å². The fourth-order valence-corrected chi connectivity index (χ4v) is 1.84. The Kier molecular flexibility index (Phi) is 3.77. The van der Waals surface area contributed by atoms with Crippen LogP contribution in [0.4, 0.5) is 4.39 Å². The maximum Gasteiger partial charge on any atom is 0.165 e. The molecule has 0 radical (unpaired) electrons. The Morgan fingerprint density at radius 2 is 2.28 bits per heavy atom. The van der Waals surface area contributed by atoms with Gasteiger partial charge in [-0.1, -0.05) is 30.7 Å². The van der Waals surface area contributed by atoms with Crippen molar-refractivity contribution in [1.82, 2.24) is 9.78 Å². The monoisotopic (exact) mass is 266 g/mol. The summed E-state index contributed by atoms with van der Waals surface area (Å²) in [7, 11) is 0. The second kappa shape index (κ2) is 5.31. The number of aromatic nitrogens is 2. The standard InChI is InChI=1S/C13H12ClFN2O/c1-2-12(18)10-6-16-17(8-10)7-9-4-3-5-11(14)13(9)15/h3-6,8H,2,7H2,1H3. The minimum atomic E-state index is -0.446. The summed E-state index contributed by atoms with van der Waals surface area (Å²) >= 11 is 5.70.